The van der Waals surface area contributed by atoms with E-state index in [2.05, 4.69) is 18.7 Å². The molecular weight excluding hydrogens is 362 g/mol. The molecule has 1 saturated heterocycles. The van der Waals surface area contributed by atoms with Crippen LogP contribution in [0, 0.1) is 0 Å². The Labute approximate surface area is 171 Å². The number of unbranched alkanes of at least 4 members (excludes halogenated alkanes) is 1. The van der Waals surface area contributed by atoms with E-state index in [4.69, 9.17) is 9.47 Å². The molecule has 5 heteroatoms. The molecule has 1 aliphatic heterocycles. The smallest absolute Gasteiger partial charge is 0.164 e. The lowest BCUT2D eigenvalue weighted by Crippen LogP contribution is -2.31. The van der Waals surface area contributed by atoms with Crippen molar-refractivity contribution in [1.82, 2.24) is 4.90 Å². The molecule has 0 radical (unpaired) electrons. The fraction of sp³-hybridized carbons (Fsp3) is 0.682. The third kappa shape index (κ3) is 8.63. The lowest BCUT2D eigenvalue weighted by atomic mass is 10.0. The number of rotatable bonds is 12. The standard InChI is InChI=1S/C22H35NO3.ClH/c1-3-5-15-25-16-17-26-22-10-9-20(18-19(22)4-2)21(24)11-14-23-12-7-6-8-13-23;/h9-10,18H,3-8,11-17H2,1-2H3;1H. The Morgan fingerprint density at radius 2 is 1.85 bits per heavy atom. The van der Waals surface area contributed by atoms with Crippen LogP contribution in [0.4, 0.5) is 0 Å². The second-order valence-corrected chi connectivity index (χ2v) is 7.07. The highest BCUT2D eigenvalue weighted by Gasteiger charge is 2.14. The van der Waals surface area contributed by atoms with Gasteiger partial charge in [-0.05, 0) is 62.5 Å². The minimum Gasteiger partial charge on any atom is -0.491 e. The molecule has 0 spiro atoms. The van der Waals surface area contributed by atoms with Crippen LogP contribution >= 0.6 is 12.4 Å². The molecule has 1 aromatic rings. The molecule has 27 heavy (non-hydrogen) atoms. The first-order chi connectivity index (χ1) is 12.7. The number of hydrogen-bond donors (Lipinski definition) is 0. The monoisotopic (exact) mass is 397 g/mol. The highest BCUT2D eigenvalue weighted by atomic mass is 35.5. The summed E-state index contributed by atoms with van der Waals surface area (Å²) in [6.45, 7) is 9.38. The molecule has 0 amide bonds. The Kier molecular flexibility index (Phi) is 12.4. The van der Waals surface area contributed by atoms with Crippen molar-refractivity contribution in [3.05, 3.63) is 29.3 Å². The van der Waals surface area contributed by atoms with Gasteiger partial charge in [-0.1, -0.05) is 26.7 Å². The molecule has 0 aromatic heterocycles. The molecule has 1 aromatic carbocycles. The van der Waals surface area contributed by atoms with E-state index in [1.54, 1.807) is 0 Å². The van der Waals surface area contributed by atoms with Gasteiger partial charge in [0.1, 0.15) is 12.4 Å². The number of hydrogen-bond acceptors (Lipinski definition) is 4. The van der Waals surface area contributed by atoms with Gasteiger partial charge in [0.2, 0.25) is 0 Å². The molecule has 1 heterocycles. The summed E-state index contributed by atoms with van der Waals surface area (Å²) in [5, 5.41) is 0. The molecule has 1 aliphatic rings. The number of Topliss-reactive ketones (excluding diaryl/α,β-unsaturated/α-hetero) is 1. The number of aryl methyl sites for hydroxylation is 1. The van der Waals surface area contributed by atoms with Crippen LogP contribution in [0.5, 0.6) is 5.75 Å². The molecule has 2 rings (SSSR count). The van der Waals surface area contributed by atoms with Gasteiger partial charge in [-0.2, -0.15) is 0 Å². The first-order valence-corrected chi connectivity index (χ1v) is 10.3. The number of benzene rings is 1. The maximum atomic E-state index is 12.5. The van der Waals surface area contributed by atoms with Crippen LogP contribution < -0.4 is 4.74 Å². The van der Waals surface area contributed by atoms with Gasteiger partial charge in [0.15, 0.2) is 5.78 Å². The molecule has 0 aliphatic carbocycles. The van der Waals surface area contributed by atoms with E-state index < -0.39 is 0 Å². The van der Waals surface area contributed by atoms with Crippen molar-refractivity contribution < 1.29 is 14.3 Å². The zero-order valence-corrected chi connectivity index (χ0v) is 17.8. The Bertz CT molecular complexity index is 544. The van der Waals surface area contributed by atoms with Crippen molar-refractivity contribution in [3.63, 3.8) is 0 Å². The molecule has 154 valence electrons. The van der Waals surface area contributed by atoms with Crippen LogP contribution in [0.1, 0.15) is 68.3 Å². The van der Waals surface area contributed by atoms with Gasteiger partial charge in [-0.25, -0.2) is 0 Å². The predicted molar refractivity (Wildman–Crippen MR) is 114 cm³/mol. The summed E-state index contributed by atoms with van der Waals surface area (Å²) in [4.78, 5) is 15.0. The van der Waals surface area contributed by atoms with Gasteiger partial charge in [0.05, 0.1) is 6.61 Å². The zero-order valence-electron chi connectivity index (χ0n) is 17.0. The summed E-state index contributed by atoms with van der Waals surface area (Å²) in [5.74, 6) is 1.11. The Morgan fingerprint density at radius 3 is 2.56 bits per heavy atom. The molecule has 0 atom stereocenters. The number of nitrogens with zero attached hydrogens (tertiary/aromatic N) is 1. The van der Waals surface area contributed by atoms with E-state index in [0.717, 1.165) is 62.4 Å². The first kappa shape index (κ1) is 23.9. The van der Waals surface area contributed by atoms with Crippen molar-refractivity contribution in [2.75, 3.05) is 39.5 Å². The molecule has 4 nitrogen and oxygen atoms in total. The fourth-order valence-corrected chi connectivity index (χ4v) is 3.32. The molecule has 0 bridgehead atoms. The Balaban J connectivity index is 0.00000364. The van der Waals surface area contributed by atoms with Crippen LogP contribution in [0.15, 0.2) is 18.2 Å². The topological polar surface area (TPSA) is 38.8 Å². The summed E-state index contributed by atoms with van der Waals surface area (Å²) < 4.78 is 11.4. The van der Waals surface area contributed by atoms with Gasteiger partial charge >= 0.3 is 0 Å². The molecule has 0 N–H and O–H groups in total. The van der Waals surface area contributed by atoms with Gasteiger partial charge in [-0.15, -0.1) is 12.4 Å². The third-order valence-electron chi connectivity index (χ3n) is 4.99. The zero-order chi connectivity index (χ0) is 18.6. The fourth-order valence-electron chi connectivity index (χ4n) is 3.32. The maximum absolute atomic E-state index is 12.5. The second kappa shape index (κ2) is 14.0. The normalized spacial score (nSPS) is 14.6. The van der Waals surface area contributed by atoms with Crippen LogP contribution in [0.3, 0.4) is 0 Å². The summed E-state index contributed by atoms with van der Waals surface area (Å²) in [5.41, 5.74) is 1.91. The highest BCUT2D eigenvalue weighted by molar-refractivity contribution is 5.96. The van der Waals surface area contributed by atoms with Crippen molar-refractivity contribution in [1.29, 1.82) is 0 Å². The lowest BCUT2D eigenvalue weighted by Gasteiger charge is -2.26. The first-order valence-electron chi connectivity index (χ1n) is 10.3. The summed E-state index contributed by atoms with van der Waals surface area (Å²) in [6.07, 6.45) is 7.57. The number of carbonyl (C=O) groups excluding carboxylic acids is 1. The van der Waals surface area contributed by atoms with Gasteiger partial charge in [0.25, 0.3) is 0 Å². The van der Waals surface area contributed by atoms with E-state index in [9.17, 15) is 4.79 Å². The average molecular weight is 398 g/mol. The van der Waals surface area contributed by atoms with E-state index in [1.807, 2.05) is 18.2 Å². The van der Waals surface area contributed by atoms with Crippen molar-refractivity contribution in [3.8, 4) is 5.75 Å². The maximum Gasteiger partial charge on any atom is 0.164 e. The average Bonchev–Trinajstić information content (AvgIpc) is 2.69. The van der Waals surface area contributed by atoms with Crippen LogP contribution in [-0.2, 0) is 11.2 Å². The van der Waals surface area contributed by atoms with Gasteiger partial charge in [0, 0.05) is 25.1 Å². The summed E-state index contributed by atoms with van der Waals surface area (Å²) in [7, 11) is 0. The minimum absolute atomic E-state index is 0. The number of ether oxygens (including phenoxy) is 2. The number of carbonyl (C=O) groups is 1. The lowest BCUT2D eigenvalue weighted by molar-refractivity contribution is 0.0955. The largest absolute Gasteiger partial charge is 0.491 e. The molecule has 0 saturated carbocycles. The minimum atomic E-state index is 0. The predicted octanol–water partition coefficient (Wildman–Crippen LogP) is 4.93. The van der Waals surface area contributed by atoms with Gasteiger partial charge < -0.3 is 14.4 Å². The quantitative estimate of drug-likeness (QED) is 0.370. The van der Waals surface area contributed by atoms with Gasteiger partial charge in [-0.3, -0.25) is 4.79 Å². The van der Waals surface area contributed by atoms with E-state index in [-0.39, 0.29) is 18.2 Å². The van der Waals surface area contributed by atoms with Crippen molar-refractivity contribution in [2.24, 2.45) is 0 Å². The summed E-state index contributed by atoms with van der Waals surface area (Å²) >= 11 is 0. The highest BCUT2D eigenvalue weighted by Crippen LogP contribution is 2.22. The van der Waals surface area contributed by atoms with Crippen LogP contribution in [0.2, 0.25) is 0 Å². The van der Waals surface area contributed by atoms with Crippen LogP contribution in [0.25, 0.3) is 0 Å². The molecule has 1 fully saturated rings. The second-order valence-electron chi connectivity index (χ2n) is 7.07. The Morgan fingerprint density at radius 1 is 1.07 bits per heavy atom. The van der Waals surface area contributed by atoms with Crippen LogP contribution in [-0.4, -0.2) is 50.1 Å². The number of halogens is 1. The number of ketones is 1. The third-order valence-corrected chi connectivity index (χ3v) is 4.99. The number of piperidine rings is 1. The molecular formula is C22H36ClNO3. The summed E-state index contributed by atoms with van der Waals surface area (Å²) in [6, 6.07) is 5.86. The molecule has 0 unspecified atom stereocenters. The SMILES string of the molecule is CCCCOCCOc1ccc(C(=O)CCN2CCCCC2)cc1CC.Cl. The van der Waals surface area contributed by atoms with E-state index >= 15 is 0 Å². The van der Waals surface area contributed by atoms with E-state index in [1.165, 1.54) is 19.3 Å². The Hall–Kier alpha value is -1.10. The number of likely N-dealkylation sites (tertiary alicyclic amines) is 1. The van der Waals surface area contributed by atoms with E-state index in [0.29, 0.717) is 19.6 Å². The van der Waals surface area contributed by atoms with Crippen molar-refractivity contribution in [2.45, 2.75) is 58.8 Å². The van der Waals surface area contributed by atoms with Crippen molar-refractivity contribution >= 4 is 18.2 Å².